The minimum Gasteiger partial charge on any atom is -0.358 e. The number of nitrogens with zero attached hydrogens (tertiary/aromatic N) is 1. The van der Waals surface area contributed by atoms with Crippen LogP contribution in [0.15, 0.2) is 48.5 Å². The van der Waals surface area contributed by atoms with Crippen molar-refractivity contribution in [2.75, 3.05) is 0 Å². The van der Waals surface area contributed by atoms with Crippen molar-refractivity contribution < 1.29 is 4.39 Å². The predicted molar refractivity (Wildman–Crippen MR) is 73.0 cm³/mol. The molecule has 0 aliphatic heterocycles. The SMILES string of the molecule is N#CCc1cc2cc(-c3ccc(F)cc3)ccc2[nH]1. The van der Waals surface area contributed by atoms with E-state index in [4.69, 9.17) is 5.26 Å². The minimum absolute atomic E-state index is 0.234. The van der Waals surface area contributed by atoms with Crippen molar-refractivity contribution in [3.05, 3.63) is 60.0 Å². The van der Waals surface area contributed by atoms with Gasteiger partial charge in [0.2, 0.25) is 0 Å². The number of aromatic nitrogens is 1. The Morgan fingerprint density at radius 1 is 1.00 bits per heavy atom. The zero-order valence-corrected chi connectivity index (χ0v) is 10.2. The van der Waals surface area contributed by atoms with Gasteiger partial charge in [0.15, 0.2) is 0 Å². The van der Waals surface area contributed by atoms with Crippen LogP contribution in [0.25, 0.3) is 22.0 Å². The molecule has 0 fully saturated rings. The lowest BCUT2D eigenvalue weighted by atomic mass is 10.0. The highest BCUT2D eigenvalue weighted by atomic mass is 19.1. The molecule has 2 nitrogen and oxygen atoms in total. The summed E-state index contributed by atoms with van der Waals surface area (Å²) in [7, 11) is 0. The van der Waals surface area contributed by atoms with Crippen molar-refractivity contribution >= 4 is 10.9 Å². The number of fused-ring (bicyclic) bond motifs is 1. The van der Waals surface area contributed by atoms with Gasteiger partial charge in [-0.25, -0.2) is 4.39 Å². The maximum atomic E-state index is 12.9. The van der Waals surface area contributed by atoms with Gasteiger partial charge >= 0.3 is 0 Å². The van der Waals surface area contributed by atoms with Gasteiger partial charge in [0.1, 0.15) is 5.82 Å². The lowest BCUT2D eigenvalue weighted by molar-refractivity contribution is 0.628. The molecule has 0 aliphatic carbocycles. The second-order valence-electron chi connectivity index (χ2n) is 4.44. The zero-order chi connectivity index (χ0) is 13.2. The zero-order valence-electron chi connectivity index (χ0n) is 10.2. The quantitative estimate of drug-likeness (QED) is 0.732. The molecule has 0 bridgehead atoms. The maximum Gasteiger partial charge on any atom is 0.123 e. The van der Waals surface area contributed by atoms with Crippen LogP contribution in [-0.2, 0) is 6.42 Å². The minimum atomic E-state index is -0.234. The van der Waals surface area contributed by atoms with E-state index < -0.39 is 0 Å². The van der Waals surface area contributed by atoms with Gasteiger partial charge in [-0.3, -0.25) is 0 Å². The van der Waals surface area contributed by atoms with Gasteiger partial charge in [-0.2, -0.15) is 5.26 Å². The smallest absolute Gasteiger partial charge is 0.123 e. The highest BCUT2D eigenvalue weighted by Gasteiger charge is 2.03. The number of hydrogen-bond acceptors (Lipinski definition) is 1. The average Bonchev–Trinajstić information content (AvgIpc) is 2.81. The predicted octanol–water partition coefficient (Wildman–Crippen LogP) is 4.04. The van der Waals surface area contributed by atoms with Gasteiger partial charge in [0.05, 0.1) is 12.5 Å². The molecule has 0 spiro atoms. The van der Waals surface area contributed by atoms with E-state index in [0.29, 0.717) is 6.42 Å². The van der Waals surface area contributed by atoms with Crippen molar-refractivity contribution in [2.45, 2.75) is 6.42 Å². The van der Waals surface area contributed by atoms with E-state index in [1.54, 1.807) is 12.1 Å². The summed E-state index contributed by atoms with van der Waals surface area (Å²) in [6.45, 7) is 0. The normalized spacial score (nSPS) is 10.5. The summed E-state index contributed by atoms with van der Waals surface area (Å²) in [5, 5.41) is 9.76. The third kappa shape index (κ3) is 2.21. The number of aromatic amines is 1. The monoisotopic (exact) mass is 250 g/mol. The summed E-state index contributed by atoms with van der Waals surface area (Å²) in [6.07, 6.45) is 0.376. The highest BCUT2D eigenvalue weighted by Crippen LogP contribution is 2.25. The summed E-state index contributed by atoms with van der Waals surface area (Å²) in [4.78, 5) is 3.20. The van der Waals surface area contributed by atoms with Crippen LogP contribution in [0.3, 0.4) is 0 Å². The molecular formula is C16H11FN2. The van der Waals surface area contributed by atoms with E-state index in [-0.39, 0.29) is 5.82 Å². The van der Waals surface area contributed by atoms with Gasteiger partial charge in [-0.05, 0) is 41.5 Å². The largest absolute Gasteiger partial charge is 0.358 e. The molecule has 0 amide bonds. The van der Waals surface area contributed by atoms with E-state index in [2.05, 4.69) is 11.1 Å². The van der Waals surface area contributed by atoms with Crippen LogP contribution in [0.2, 0.25) is 0 Å². The Kier molecular flexibility index (Phi) is 2.77. The van der Waals surface area contributed by atoms with Crippen LogP contribution in [0.5, 0.6) is 0 Å². The first-order chi connectivity index (χ1) is 9.26. The lowest BCUT2D eigenvalue weighted by Crippen LogP contribution is -1.79. The van der Waals surface area contributed by atoms with Crippen LogP contribution in [0.4, 0.5) is 4.39 Å². The Morgan fingerprint density at radius 2 is 1.74 bits per heavy atom. The highest BCUT2D eigenvalue weighted by molar-refractivity contribution is 5.85. The summed E-state index contributed by atoms with van der Waals surface area (Å²) in [5.41, 5.74) is 3.94. The molecule has 0 saturated carbocycles. The van der Waals surface area contributed by atoms with Crippen molar-refractivity contribution in [1.29, 1.82) is 5.26 Å². The molecule has 0 unspecified atom stereocenters. The molecule has 92 valence electrons. The molecule has 1 N–H and O–H groups in total. The van der Waals surface area contributed by atoms with E-state index in [1.165, 1.54) is 12.1 Å². The van der Waals surface area contributed by atoms with E-state index in [0.717, 1.165) is 27.7 Å². The second kappa shape index (κ2) is 4.58. The number of nitrogens with one attached hydrogen (secondary N) is 1. The Balaban J connectivity index is 2.06. The van der Waals surface area contributed by atoms with Crippen LogP contribution in [0, 0.1) is 17.1 Å². The molecule has 2 aromatic carbocycles. The number of halogens is 1. The van der Waals surface area contributed by atoms with E-state index in [9.17, 15) is 4.39 Å². The summed E-state index contributed by atoms with van der Waals surface area (Å²) >= 11 is 0. The summed E-state index contributed by atoms with van der Waals surface area (Å²) in [6, 6.07) is 16.6. The third-order valence-electron chi connectivity index (χ3n) is 3.12. The fraction of sp³-hybridized carbons (Fsp3) is 0.0625. The van der Waals surface area contributed by atoms with Gasteiger partial charge in [-0.1, -0.05) is 18.2 Å². The van der Waals surface area contributed by atoms with E-state index in [1.807, 2.05) is 24.3 Å². The van der Waals surface area contributed by atoms with Gasteiger partial charge in [0.25, 0.3) is 0 Å². The Morgan fingerprint density at radius 3 is 2.47 bits per heavy atom. The molecule has 0 radical (unpaired) electrons. The lowest BCUT2D eigenvalue weighted by Gasteiger charge is -2.01. The summed E-state index contributed by atoms with van der Waals surface area (Å²) in [5.74, 6) is -0.234. The van der Waals surface area contributed by atoms with Crippen LogP contribution >= 0.6 is 0 Å². The molecule has 3 aromatic rings. The maximum absolute atomic E-state index is 12.9. The number of hydrogen-bond donors (Lipinski definition) is 1. The van der Waals surface area contributed by atoms with Crippen LogP contribution in [0.1, 0.15) is 5.69 Å². The molecular weight excluding hydrogens is 239 g/mol. The van der Waals surface area contributed by atoms with Crippen molar-refractivity contribution in [2.24, 2.45) is 0 Å². The molecule has 3 heteroatoms. The first kappa shape index (κ1) is 11.5. The fourth-order valence-electron chi connectivity index (χ4n) is 2.20. The molecule has 1 heterocycles. The topological polar surface area (TPSA) is 39.6 Å². The molecule has 19 heavy (non-hydrogen) atoms. The van der Waals surface area contributed by atoms with Gasteiger partial charge < -0.3 is 4.98 Å². The summed E-state index contributed by atoms with van der Waals surface area (Å²) < 4.78 is 12.9. The Bertz CT molecular complexity index is 764. The Hall–Kier alpha value is -2.60. The van der Waals surface area contributed by atoms with Crippen LogP contribution in [-0.4, -0.2) is 4.98 Å². The number of rotatable bonds is 2. The first-order valence-corrected chi connectivity index (χ1v) is 6.01. The van der Waals surface area contributed by atoms with Gasteiger partial charge in [0, 0.05) is 16.6 Å². The van der Waals surface area contributed by atoms with Crippen molar-refractivity contribution in [1.82, 2.24) is 4.98 Å². The second-order valence-corrected chi connectivity index (χ2v) is 4.44. The number of H-pyrrole nitrogens is 1. The van der Waals surface area contributed by atoms with Crippen molar-refractivity contribution in [3.63, 3.8) is 0 Å². The standard InChI is InChI=1S/C16H11FN2/c17-14-4-1-11(2-5-14)12-3-6-16-13(9-12)10-15(19-16)7-8-18/h1-6,9-10,19H,7H2. The average molecular weight is 250 g/mol. The molecule has 0 aliphatic rings. The number of nitriles is 1. The number of benzene rings is 2. The van der Waals surface area contributed by atoms with Gasteiger partial charge in [-0.15, -0.1) is 0 Å². The molecule has 3 rings (SSSR count). The van der Waals surface area contributed by atoms with Crippen molar-refractivity contribution in [3.8, 4) is 17.2 Å². The Labute approximate surface area is 110 Å². The molecule has 0 atom stereocenters. The molecule has 0 saturated heterocycles. The van der Waals surface area contributed by atoms with Crippen LogP contribution < -0.4 is 0 Å². The fourth-order valence-corrected chi connectivity index (χ4v) is 2.20. The van der Waals surface area contributed by atoms with E-state index >= 15 is 0 Å². The first-order valence-electron chi connectivity index (χ1n) is 6.01. The molecule has 1 aromatic heterocycles. The third-order valence-corrected chi connectivity index (χ3v) is 3.12.